The second-order valence-corrected chi connectivity index (χ2v) is 4.86. The normalized spacial score (nSPS) is 12.8. The van der Waals surface area contributed by atoms with E-state index < -0.39 is 0 Å². The van der Waals surface area contributed by atoms with E-state index in [1.807, 2.05) is 39.2 Å². The standard InChI is InChI=1S/C13H21ClN2O/c1-10(15)11-6-4-7-12(14)13(11)17-9-5-8-16(2)3/h4,6-7,10H,5,8-9,15H2,1-3H3. The molecule has 2 N–H and O–H groups in total. The summed E-state index contributed by atoms with van der Waals surface area (Å²) in [5, 5.41) is 0.629. The van der Waals surface area contributed by atoms with Crippen LogP contribution in [0.5, 0.6) is 5.75 Å². The SMILES string of the molecule is CC(N)c1cccc(Cl)c1OCCCN(C)C. The Hall–Kier alpha value is -0.770. The third-order valence-corrected chi connectivity index (χ3v) is 2.78. The Labute approximate surface area is 109 Å². The Morgan fingerprint density at radius 1 is 1.41 bits per heavy atom. The highest BCUT2D eigenvalue weighted by molar-refractivity contribution is 6.32. The van der Waals surface area contributed by atoms with E-state index in [1.54, 1.807) is 0 Å². The number of ether oxygens (including phenoxy) is 1. The molecule has 0 fully saturated rings. The van der Waals surface area contributed by atoms with Crippen LogP contribution in [0.15, 0.2) is 18.2 Å². The predicted octanol–water partition coefficient (Wildman–Crippen LogP) is 2.69. The van der Waals surface area contributed by atoms with Crippen LogP contribution in [0.25, 0.3) is 0 Å². The third-order valence-electron chi connectivity index (χ3n) is 2.48. The molecule has 0 bridgehead atoms. The number of nitrogens with two attached hydrogens (primary N) is 1. The third kappa shape index (κ3) is 4.54. The molecule has 3 nitrogen and oxygen atoms in total. The van der Waals surface area contributed by atoms with Crippen molar-refractivity contribution >= 4 is 11.6 Å². The van der Waals surface area contributed by atoms with Crippen molar-refractivity contribution in [1.29, 1.82) is 0 Å². The van der Waals surface area contributed by atoms with E-state index >= 15 is 0 Å². The van der Waals surface area contributed by atoms with Gasteiger partial charge in [0.05, 0.1) is 11.6 Å². The molecule has 1 rings (SSSR count). The lowest BCUT2D eigenvalue weighted by Crippen LogP contribution is -2.16. The first-order valence-corrected chi connectivity index (χ1v) is 6.21. The number of nitrogens with zero attached hydrogens (tertiary/aromatic N) is 1. The summed E-state index contributed by atoms with van der Waals surface area (Å²) in [5.41, 5.74) is 6.85. The van der Waals surface area contributed by atoms with E-state index in [-0.39, 0.29) is 6.04 Å². The van der Waals surface area contributed by atoms with E-state index in [1.165, 1.54) is 0 Å². The molecule has 0 aromatic heterocycles. The topological polar surface area (TPSA) is 38.5 Å². The molecule has 0 radical (unpaired) electrons. The Balaban J connectivity index is 2.63. The molecule has 0 aliphatic rings. The molecule has 1 atom stereocenters. The summed E-state index contributed by atoms with van der Waals surface area (Å²) in [5.74, 6) is 0.725. The lowest BCUT2D eigenvalue weighted by molar-refractivity contribution is 0.278. The second-order valence-electron chi connectivity index (χ2n) is 4.45. The van der Waals surface area contributed by atoms with E-state index in [2.05, 4.69) is 4.90 Å². The van der Waals surface area contributed by atoms with Crippen molar-refractivity contribution < 1.29 is 4.74 Å². The number of benzene rings is 1. The molecule has 4 heteroatoms. The minimum atomic E-state index is -0.0717. The van der Waals surface area contributed by atoms with Gasteiger partial charge in [-0.1, -0.05) is 23.7 Å². The van der Waals surface area contributed by atoms with Crippen molar-refractivity contribution in [2.75, 3.05) is 27.2 Å². The average molecular weight is 257 g/mol. The van der Waals surface area contributed by atoms with Gasteiger partial charge in [0.25, 0.3) is 0 Å². The molecule has 0 saturated heterocycles. The summed E-state index contributed by atoms with van der Waals surface area (Å²) < 4.78 is 5.74. The van der Waals surface area contributed by atoms with Crippen molar-refractivity contribution in [3.8, 4) is 5.75 Å². The molecule has 96 valence electrons. The van der Waals surface area contributed by atoms with Gasteiger partial charge in [-0.25, -0.2) is 0 Å². The molecule has 1 aromatic rings. The van der Waals surface area contributed by atoms with Crippen molar-refractivity contribution in [2.45, 2.75) is 19.4 Å². The van der Waals surface area contributed by atoms with Crippen LogP contribution in [0.2, 0.25) is 5.02 Å². The number of hydrogen-bond donors (Lipinski definition) is 1. The second kappa shape index (κ2) is 6.84. The van der Waals surface area contributed by atoms with Crippen LogP contribution in [-0.2, 0) is 0 Å². The van der Waals surface area contributed by atoms with Gasteiger partial charge in [0.1, 0.15) is 5.75 Å². The Bertz CT molecular complexity index is 353. The lowest BCUT2D eigenvalue weighted by atomic mass is 10.1. The molecule has 17 heavy (non-hydrogen) atoms. The van der Waals surface area contributed by atoms with E-state index in [9.17, 15) is 0 Å². The van der Waals surface area contributed by atoms with Crippen LogP contribution < -0.4 is 10.5 Å². The quantitative estimate of drug-likeness (QED) is 0.796. The fourth-order valence-corrected chi connectivity index (χ4v) is 1.83. The summed E-state index contributed by atoms with van der Waals surface area (Å²) in [6.07, 6.45) is 0.969. The van der Waals surface area contributed by atoms with E-state index in [0.717, 1.165) is 24.3 Å². The number of rotatable bonds is 6. The molecule has 0 spiro atoms. The highest BCUT2D eigenvalue weighted by atomic mass is 35.5. The predicted molar refractivity (Wildman–Crippen MR) is 72.7 cm³/mol. The van der Waals surface area contributed by atoms with Crippen LogP contribution in [0, 0.1) is 0 Å². The first kappa shape index (κ1) is 14.3. The fraction of sp³-hybridized carbons (Fsp3) is 0.538. The zero-order chi connectivity index (χ0) is 12.8. The molecule has 0 amide bonds. The minimum absolute atomic E-state index is 0.0717. The van der Waals surface area contributed by atoms with Gasteiger partial charge in [-0.15, -0.1) is 0 Å². The van der Waals surface area contributed by atoms with Gasteiger partial charge >= 0.3 is 0 Å². The van der Waals surface area contributed by atoms with Gasteiger partial charge in [-0.05, 0) is 33.5 Å². The largest absolute Gasteiger partial charge is 0.492 e. The molecule has 0 heterocycles. The highest BCUT2D eigenvalue weighted by Crippen LogP contribution is 2.31. The van der Waals surface area contributed by atoms with Crippen LogP contribution in [-0.4, -0.2) is 32.1 Å². The zero-order valence-corrected chi connectivity index (χ0v) is 11.5. The van der Waals surface area contributed by atoms with Crippen LogP contribution in [0.1, 0.15) is 24.9 Å². The van der Waals surface area contributed by atoms with Gasteiger partial charge < -0.3 is 15.4 Å². The smallest absolute Gasteiger partial charge is 0.142 e. The molecule has 0 aliphatic carbocycles. The van der Waals surface area contributed by atoms with Gasteiger partial charge in [0.15, 0.2) is 0 Å². The van der Waals surface area contributed by atoms with Gasteiger partial charge in [-0.2, -0.15) is 0 Å². The molecule has 1 aromatic carbocycles. The Morgan fingerprint density at radius 2 is 2.12 bits per heavy atom. The average Bonchev–Trinajstić information content (AvgIpc) is 2.25. The maximum atomic E-state index is 6.12. The Kier molecular flexibility index (Phi) is 5.75. The van der Waals surface area contributed by atoms with Crippen LogP contribution in [0.4, 0.5) is 0 Å². The summed E-state index contributed by atoms with van der Waals surface area (Å²) in [6, 6.07) is 5.61. The fourth-order valence-electron chi connectivity index (χ4n) is 1.59. The van der Waals surface area contributed by atoms with Crippen molar-refractivity contribution in [2.24, 2.45) is 5.73 Å². The monoisotopic (exact) mass is 256 g/mol. The van der Waals surface area contributed by atoms with Gasteiger partial charge in [0, 0.05) is 18.2 Å². The van der Waals surface area contributed by atoms with Crippen LogP contribution >= 0.6 is 11.6 Å². The molecular formula is C13H21ClN2O. The Morgan fingerprint density at radius 3 is 2.71 bits per heavy atom. The number of hydrogen-bond acceptors (Lipinski definition) is 3. The maximum Gasteiger partial charge on any atom is 0.142 e. The molecule has 0 saturated carbocycles. The highest BCUT2D eigenvalue weighted by Gasteiger charge is 2.11. The minimum Gasteiger partial charge on any atom is -0.492 e. The van der Waals surface area contributed by atoms with Gasteiger partial charge in [-0.3, -0.25) is 0 Å². The first-order valence-electron chi connectivity index (χ1n) is 5.84. The zero-order valence-electron chi connectivity index (χ0n) is 10.7. The molecular weight excluding hydrogens is 236 g/mol. The van der Waals surface area contributed by atoms with Crippen molar-refractivity contribution in [3.63, 3.8) is 0 Å². The molecule has 0 aliphatic heterocycles. The summed E-state index contributed by atoms with van der Waals surface area (Å²) in [7, 11) is 4.09. The lowest BCUT2D eigenvalue weighted by Gasteiger charge is -2.16. The van der Waals surface area contributed by atoms with Crippen molar-refractivity contribution in [3.05, 3.63) is 28.8 Å². The maximum absolute atomic E-state index is 6.12. The van der Waals surface area contributed by atoms with E-state index in [0.29, 0.717) is 11.6 Å². The summed E-state index contributed by atoms with van der Waals surface area (Å²) in [4.78, 5) is 2.13. The summed E-state index contributed by atoms with van der Waals surface area (Å²) in [6.45, 7) is 3.58. The van der Waals surface area contributed by atoms with Crippen molar-refractivity contribution in [1.82, 2.24) is 4.90 Å². The summed E-state index contributed by atoms with van der Waals surface area (Å²) >= 11 is 6.12. The van der Waals surface area contributed by atoms with Crippen LogP contribution in [0.3, 0.4) is 0 Å². The van der Waals surface area contributed by atoms with Gasteiger partial charge in [0.2, 0.25) is 0 Å². The number of halogens is 1. The molecule has 1 unspecified atom stereocenters. The number of para-hydroxylation sites is 1. The van der Waals surface area contributed by atoms with E-state index in [4.69, 9.17) is 22.1 Å². The first-order chi connectivity index (χ1) is 8.02.